The number of anilines is 1. The first-order chi connectivity index (χ1) is 15.3. The number of fused-ring (bicyclic) bond motifs is 1. The van der Waals surface area contributed by atoms with Crippen molar-refractivity contribution in [3.8, 4) is 5.75 Å². The zero-order chi connectivity index (χ0) is 23.0. The molecule has 3 heterocycles. The molecule has 1 aliphatic rings. The van der Waals surface area contributed by atoms with E-state index in [4.69, 9.17) is 22.1 Å². The Morgan fingerprint density at radius 3 is 2.75 bits per heavy atom. The summed E-state index contributed by atoms with van der Waals surface area (Å²) in [5, 5.41) is 1.11. The first-order valence-corrected chi connectivity index (χ1v) is 11.5. The fourth-order valence-electron chi connectivity index (χ4n) is 4.48. The first kappa shape index (κ1) is 22.6. The van der Waals surface area contributed by atoms with Gasteiger partial charge < -0.3 is 15.0 Å². The molecule has 7 nitrogen and oxygen atoms in total. The second-order valence-electron chi connectivity index (χ2n) is 8.64. The van der Waals surface area contributed by atoms with Crippen LogP contribution in [0.15, 0.2) is 29.5 Å². The van der Waals surface area contributed by atoms with Crippen LogP contribution >= 0.6 is 11.6 Å². The molecule has 0 unspecified atom stereocenters. The van der Waals surface area contributed by atoms with Crippen LogP contribution in [0.1, 0.15) is 43.4 Å². The summed E-state index contributed by atoms with van der Waals surface area (Å²) in [6, 6.07) is 4.05. The molecular weight excluding hydrogens is 426 g/mol. The summed E-state index contributed by atoms with van der Waals surface area (Å²) in [4.78, 5) is 23.0. The molecular formula is C24H30ClN5O2. The van der Waals surface area contributed by atoms with Gasteiger partial charge in [-0.25, -0.2) is 9.97 Å². The predicted molar refractivity (Wildman–Crippen MR) is 129 cm³/mol. The minimum Gasteiger partial charge on any atom is -0.493 e. The average Bonchev–Trinajstić information content (AvgIpc) is 2.71. The van der Waals surface area contributed by atoms with E-state index in [0.29, 0.717) is 42.6 Å². The molecule has 2 N–H and O–H groups in total. The van der Waals surface area contributed by atoms with Crippen LogP contribution in [0.25, 0.3) is 11.0 Å². The van der Waals surface area contributed by atoms with Gasteiger partial charge in [-0.3, -0.25) is 9.69 Å². The molecule has 3 aromatic rings. The predicted octanol–water partition coefficient (Wildman–Crippen LogP) is 3.78. The molecule has 2 aromatic heterocycles. The Morgan fingerprint density at radius 1 is 1.31 bits per heavy atom. The highest BCUT2D eigenvalue weighted by Crippen LogP contribution is 2.42. The topological polar surface area (TPSA) is 86.3 Å². The third-order valence-electron chi connectivity index (χ3n) is 6.34. The lowest BCUT2D eigenvalue weighted by molar-refractivity contribution is 0.107. The number of likely N-dealkylation sites (tertiary alicyclic amines) is 1. The fourth-order valence-corrected chi connectivity index (χ4v) is 4.72. The Bertz CT molecular complexity index is 1200. The van der Waals surface area contributed by atoms with Crippen LogP contribution < -0.4 is 15.9 Å². The third-order valence-corrected chi connectivity index (χ3v) is 6.73. The minimum absolute atomic E-state index is 0.176. The Hall–Kier alpha value is -2.64. The number of nitrogens with two attached hydrogens (primary N) is 1. The van der Waals surface area contributed by atoms with E-state index in [0.717, 1.165) is 35.0 Å². The van der Waals surface area contributed by atoms with E-state index in [1.807, 2.05) is 17.6 Å². The lowest BCUT2D eigenvalue weighted by Gasteiger charge is -2.43. The number of benzene rings is 1. The van der Waals surface area contributed by atoms with Gasteiger partial charge in [-0.05, 0) is 51.3 Å². The molecule has 170 valence electrons. The van der Waals surface area contributed by atoms with Crippen molar-refractivity contribution in [1.29, 1.82) is 0 Å². The molecule has 0 atom stereocenters. The van der Waals surface area contributed by atoms with E-state index in [1.54, 1.807) is 6.20 Å². The van der Waals surface area contributed by atoms with E-state index >= 15 is 0 Å². The number of aryl methyl sites for hydroxylation is 2. The Balaban J connectivity index is 1.69. The van der Waals surface area contributed by atoms with Crippen LogP contribution in [0.3, 0.4) is 0 Å². The van der Waals surface area contributed by atoms with Gasteiger partial charge in [0.2, 0.25) is 0 Å². The molecule has 0 radical (unpaired) electrons. The molecule has 4 rings (SSSR count). The van der Waals surface area contributed by atoms with Crippen LogP contribution in [0.5, 0.6) is 5.75 Å². The number of nitrogens with zero attached hydrogens (tertiary/aromatic N) is 4. The van der Waals surface area contributed by atoms with Crippen LogP contribution in [0.2, 0.25) is 5.02 Å². The number of pyridine rings is 1. The van der Waals surface area contributed by atoms with Crippen molar-refractivity contribution in [2.75, 3.05) is 25.4 Å². The normalized spacial score (nSPS) is 14.8. The number of nitrogen functional groups attached to an aromatic ring is 1. The van der Waals surface area contributed by atoms with Crippen molar-refractivity contribution < 1.29 is 4.74 Å². The molecule has 1 aliphatic heterocycles. The van der Waals surface area contributed by atoms with E-state index in [2.05, 4.69) is 35.6 Å². The van der Waals surface area contributed by atoms with Crippen molar-refractivity contribution in [1.82, 2.24) is 19.4 Å². The number of ether oxygens (including phenoxy) is 1. The molecule has 8 heteroatoms. The molecule has 1 saturated heterocycles. The zero-order valence-electron chi connectivity index (χ0n) is 19.1. The minimum atomic E-state index is -0.176. The van der Waals surface area contributed by atoms with Gasteiger partial charge in [-0.15, -0.1) is 0 Å². The zero-order valence-corrected chi connectivity index (χ0v) is 19.8. The Labute approximate surface area is 193 Å². The summed E-state index contributed by atoms with van der Waals surface area (Å²) >= 11 is 6.68. The van der Waals surface area contributed by atoms with Crippen molar-refractivity contribution in [3.05, 3.63) is 56.6 Å². The second kappa shape index (κ2) is 9.08. The van der Waals surface area contributed by atoms with Gasteiger partial charge in [-0.1, -0.05) is 11.6 Å². The van der Waals surface area contributed by atoms with Gasteiger partial charge >= 0.3 is 0 Å². The van der Waals surface area contributed by atoms with Crippen molar-refractivity contribution in [3.63, 3.8) is 0 Å². The molecule has 0 bridgehead atoms. The van der Waals surface area contributed by atoms with Crippen LogP contribution in [-0.2, 0) is 13.0 Å². The maximum absolute atomic E-state index is 12.3. The number of rotatable bonds is 7. The fraction of sp³-hybridized carbons (Fsp3) is 0.458. The number of hydrogen-bond acceptors (Lipinski definition) is 6. The van der Waals surface area contributed by atoms with Gasteiger partial charge in [-0.2, -0.15) is 0 Å². The monoisotopic (exact) mass is 455 g/mol. The second-order valence-corrected chi connectivity index (χ2v) is 9.05. The quantitative estimate of drug-likeness (QED) is 0.583. The molecule has 1 fully saturated rings. The van der Waals surface area contributed by atoms with Crippen molar-refractivity contribution in [2.24, 2.45) is 0 Å². The van der Waals surface area contributed by atoms with Gasteiger partial charge in [0.05, 0.1) is 6.61 Å². The summed E-state index contributed by atoms with van der Waals surface area (Å²) < 4.78 is 8.12. The maximum Gasteiger partial charge on any atom is 0.194 e. The highest BCUT2D eigenvalue weighted by molar-refractivity contribution is 6.31. The molecule has 32 heavy (non-hydrogen) atoms. The highest BCUT2D eigenvalue weighted by Gasteiger charge is 2.34. The van der Waals surface area contributed by atoms with Crippen LogP contribution in [0.4, 0.5) is 5.82 Å². The van der Waals surface area contributed by atoms with E-state index < -0.39 is 0 Å². The SMILES string of the molecule is CCOc1c(CCn2ccc(=O)c3c(N)ncnc32)cc(Cl)c(C)c1C1CN(C(C)C)C1. The van der Waals surface area contributed by atoms with Gasteiger partial charge in [0.15, 0.2) is 5.43 Å². The highest BCUT2D eigenvalue weighted by atomic mass is 35.5. The number of halogens is 1. The smallest absolute Gasteiger partial charge is 0.194 e. The van der Waals surface area contributed by atoms with Crippen LogP contribution in [-0.4, -0.2) is 45.2 Å². The molecule has 0 saturated carbocycles. The third kappa shape index (κ3) is 4.07. The first-order valence-electron chi connectivity index (χ1n) is 11.1. The van der Waals surface area contributed by atoms with Crippen LogP contribution in [0, 0.1) is 6.92 Å². The molecule has 0 amide bonds. The largest absolute Gasteiger partial charge is 0.493 e. The van der Waals surface area contributed by atoms with E-state index in [-0.39, 0.29) is 11.2 Å². The molecule has 1 aromatic carbocycles. The maximum atomic E-state index is 12.3. The Morgan fingerprint density at radius 2 is 2.06 bits per heavy atom. The average molecular weight is 456 g/mol. The van der Waals surface area contributed by atoms with Gasteiger partial charge in [0.25, 0.3) is 0 Å². The summed E-state index contributed by atoms with van der Waals surface area (Å²) in [6.45, 7) is 11.8. The summed E-state index contributed by atoms with van der Waals surface area (Å²) in [5.74, 6) is 1.56. The number of aromatic nitrogens is 3. The molecule has 0 spiro atoms. The number of hydrogen-bond donors (Lipinski definition) is 1. The summed E-state index contributed by atoms with van der Waals surface area (Å²) in [6.07, 6.45) is 3.82. The molecule has 0 aliphatic carbocycles. The Kier molecular flexibility index (Phi) is 6.40. The van der Waals surface area contributed by atoms with E-state index in [9.17, 15) is 4.79 Å². The van der Waals surface area contributed by atoms with Crippen molar-refractivity contribution in [2.45, 2.75) is 52.6 Å². The van der Waals surface area contributed by atoms with Gasteiger partial charge in [0.1, 0.15) is 28.9 Å². The lowest BCUT2D eigenvalue weighted by atomic mass is 9.85. The summed E-state index contributed by atoms with van der Waals surface area (Å²) in [5.41, 5.74) is 9.68. The standard InChI is InChI=1S/C24H30ClN5O2/c1-5-32-22-16(10-18(25)15(4)20(22)17-11-30(12-17)14(2)3)6-8-29-9-7-19(31)21-23(26)27-13-28-24(21)29/h7,9-10,13-14,17H,5-6,8,11-12H2,1-4H3,(H2,26,27,28). The van der Waals surface area contributed by atoms with Crippen molar-refractivity contribution >= 4 is 28.5 Å². The van der Waals surface area contributed by atoms with Gasteiger partial charge in [0, 0.05) is 54.4 Å². The van der Waals surface area contributed by atoms with E-state index in [1.165, 1.54) is 18.0 Å². The lowest BCUT2D eigenvalue weighted by Crippen LogP contribution is -2.48. The summed E-state index contributed by atoms with van der Waals surface area (Å²) in [7, 11) is 0.